The first-order chi connectivity index (χ1) is 12.7. The molecule has 0 aromatic carbocycles. The van der Waals surface area contributed by atoms with E-state index in [4.69, 9.17) is 4.74 Å². The van der Waals surface area contributed by atoms with Gasteiger partial charge < -0.3 is 14.2 Å². The summed E-state index contributed by atoms with van der Waals surface area (Å²) in [5.41, 5.74) is 1.16. The molecule has 0 saturated carbocycles. The molecule has 1 aliphatic heterocycles. The van der Waals surface area contributed by atoms with Crippen molar-refractivity contribution < 1.29 is 9.53 Å². The van der Waals surface area contributed by atoms with E-state index in [0.717, 1.165) is 49.6 Å². The van der Waals surface area contributed by atoms with Gasteiger partial charge in [0.25, 0.3) is 0 Å². The predicted molar refractivity (Wildman–Crippen MR) is 97.7 cm³/mol. The molecule has 6 nitrogen and oxygen atoms in total. The SMILES string of the molecule is CC1c2ncc(CCOc3ccncc3)n2CCN1C(=O)C1CC=CC1. The van der Waals surface area contributed by atoms with E-state index in [1.165, 1.54) is 0 Å². The van der Waals surface area contributed by atoms with E-state index in [2.05, 4.69) is 33.6 Å². The maximum atomic E-state index is 12.8. The highest BCUT2D eigenvalue weighted by atomic mass is 16.5. The largest absolute Gasteiger partial charge is 0.493 e. The lowest BCUT2D eigenvalue weighted by Crippen LogP contribution is -2.44. The van der Waals surface area contributed by atoms with Gasteiger partial charge in [-0.15, -0.1) is 0 Å². The van der Waals surface area contributed by atoms with Gasteiger partial charge >= 0.3 is 0 Å². The summed E-state index contributed by atoms with van der Waals surface area (Å²) in [4.78, 5) is 23.4. The van der Waals surface area contributed by atoms with Crippen molar-refractivity contribution >= 4 is 5.91 Å². The van der Waals surface area contributed by atoms with E-state index in [9.17, 15) is 4.79 Å². The molecule has 0 radical (unpaired) electrons. The zero-order valence-corrected chi connectivity index (χ0v) is 15.0. The number of rotatable bonds is 5. The topological polar surface area (TPSA) is 60.3 Å². The number of carbonyl (C=O) groups excluding carboxylic acids is 1. The molecular formula is C20H24N4O2. The molecule has 26 heavy (non-hydrogen) atoms. The Morgan fingerprint density at radius 1 is 1.23 bits per heavy atom. The number of hydrogen-bond donors (Lipinski definition) is 0. The van der Waals surface area contributed by atoms with E-state index >= 15 is 0 Å². The fraction of sp³-hybridized carbons (Fsp3) is 0.450. The van der Waals surface area contributed by atoms with Crippen molar-refractivity contribution in [2.45, 2.75) is 38.8 Å². The highest BCUT2D eigenvalue weighted by Crippen LogP contribution is 2.30. The summed E-state index contributed by atoms with van der Waals surface area (Å²) in [7, 11) is 0. The smallest absolute Gasteiger partial charge is 0.226 e. The third-order valence-electron chi connectivity index (χ3n) is 5.29. The van der Waals surface area contributed by atoms with Crippen LogP contribution < -0.4 is 4.74 Å². The molecule has 2 aliphatic rings. The standard InChI is InChI=1S/C20H24N4O2/c1-15-19-22-14-17(8-13-26-18-6-9-21-10-7-18)24(19)12-11-23(15)20(25)16-4-2-3-5-16/h2-3,6-7,9-10,14-16H,4-5,8,11-13H2,1H3. The highest BCUT2D eigenvalue weighted by molar-refractivity contribution is 5.80. The molecule has 6 heteroatoms. The van der Waals surface area contributed by atoms with Crippen LogP contribution in [-0.4, -0.2) is 38.5 Å². The Morgan fingerprint density at radius 3 is 2.77 bits per heavy atom. The molecule has 3 heterocycles. The first-order valence-electron chi connectivity index (χ1n) is 9.26. The molecular weight excluding hydrogens is 328 g/mol. The third kappa shape index (κ3) is 3.23. The first kappa shape index (κ1) is 16.8. The lowest BCUT2D eigenvalue weighted by Gasteiger charge is -2.36. The number of pyridine rings is 1. The molecule has 0 fully saturated rings. The van der Waals surface area contributed by atoms with Crippen molar-refractivity contribution in [1.29, 1.82) is 0 Å². The van der Waals surface area contributed by atoms with Crippen LogP contribution >= 0.6 is 0 Å². The number of amides is 1. The van der Waals surface area contributed by atoms with Crippen LogP contribution in [0, 0.1) is 5.92 Å². The molecule has 2 aromatic rings. The Kier molecular flexibility index (Phi) is 4.73. The average molecular weight is 352 g/mol. The zero-order chi connectivity index (χ0) is 17.9. The van der Waals surface area contributed by atoms with E-state index < -0.39 is 0 Å². The number of aromatic nitrogens is 3. The first-order valence-corrected chi connectivity index (χ1v) is 9.26. The van der Waals surface area contributed by atoms with Gasteiger partial charge in [-0.3, -0.25) is 9.78 Å². The number of hydrogen-bond acceptors (Lipinski definition) is 4. The minimum atomic E-state index is 0.0201. The predicted octanol–water partition coefficient (Wildman–Crippen LogP) is 2.77. The van der Waals surface area contributed by atoms with Gasteiger partial charge in [-0.1, -0.05) is 12.2 Å². The second-order valence-corrected chi connectivity index (χ2v) is 6.89. The van der Waals surface area contributed by atoms with Crippen LogP contribution in [0.2, 0.25) is 0 Å². The molecule has 0 bridgehead atoms. The van der Waals surface area contributed by atoms with Crippen LogP contribution in [0.1, 0.15) is 37.3 Å². The van der Waals surface area contributed by atoms with Crippen LogP contribution in [0.4, 0.5) is 0 Å². The summed E-state index contributed by atoms with van der Waals surface area (Å²) >= 11 is 0. The monoisotopic (exact) mass is 352 g/mol. The molecule has 1 aliphatic carbocycles. The van der Waals surface area contributed by atoms with Crippen molar-refractivity contribution in [3.8, 4) is 5.75 Å². The lowest BCUT2D eigenvalue weighted by molar-refractivity contribution is -0.138. The van der Waals surface area contributed by atoms with Crippen molar-refractivity contribution in [1.82, 2.24) is 19.4 Å². The van der Waals surface area contributed by atoms with E-state index in [1.807, 2.05) is 23.2 Å². The van der Waals surface area contributed by atoms with Crippen LogP contribution in [0.5, 0.6) is 5.75 Å². The van der Waals surface area contributed by atoms with Gasteiger partial charge in [0.05, 0.1) is 12.6 Å². The fourth-order valence-electron chi connectivity index (χ4n) is 3.82. The maximum Gasteiger partial charge on any atom is 0.226 e. The Labute approximate surface area is 153 Å². The second kappa shape index (κ2) is 7.32. The van der Waals surface area contributed by atoms with Crippen molar-refractivity contribution in [2.24, 2.45) is 5.92 Å². The fourth-order valence-corrected chi connectivity index (χ4v) is 3.82. The van der Waals surface area contributed by atoms with E-state index in [-0.39, 0.29) is 17.9 Å². The molecule has 0 saturated heterocycles. The summed E-state index contributed by atoms with van der Waals surface area (Å²) in [6.45, 7) is 4.23. The number of allylic oxidation sites excluding steroid dienone is 2. The molecule has 0 spiro atoms. The van der Waals surface area contributed by atoms with Gasteiger partial charge in [-0.2, -0.15) is 0 Å². The molecule has 1 atom stereocenters. The van der Waals surface area contributed by atoms with Crippen LogP contribution in [0.3, 0.4) is 0 Å². The van der Waals surface area contributed by atoms with Crippen LogP contribution in [0.15, 0.2) is 42.9 Å². The normalized spacial score (nSPS) is 19.6. The van der Waals surface area contributed by atoms with Crippen LogP contribution in [-0.2, 0) is 17.8 Å². The zero-order valence-electron chi connectivity index (χ0n) is 15.0. The van der Waals surface area contributed by atoms with Gasteiger partial charge in [-0.05, 0) is 31.9 Å². The number of fused-ring (bicyclic) bond motifs is 1. The minimum absolute atomic E-state index is 0.0201. The second-order valence-electron chi connectivity index (χ2n) is 6.89. The Hall–Kier alpha value is -2.63. The lowest BCUT2D eigenvalue weighted by atomic mass is 10.0. The average Bonchev–Trinajstić information content (AvgIpc) is 3.33. The van der Waals surface area contributed by atoms with E-state index in [1.54, 1.807) is 12.4 Å². The number of carbonyl (C=O) groups is 1. The van der Waals surface area contributed by atoms with Gasteiger partial charge in [0.15, 0.2) is 0 Å². The summed E-state index contributed by atoms with van der Waals surface area (Å²) in [5, 5.41) is 0. The van der Waals surface area contributed by atoms with Gasteiger partial charge in [0, 0.05) is 49.7 Å². The molecule has 0 N–H and O–H groups in total. The molecule has 4 rings (SSSR count). The molecule has 136 valence electrons. The third-order valence-corrected chi connectivity index (χ3v) is 5.29. The van der Waals surface area contributed by atoms with Crippen molar-refractivity contribution in [2.75, 3.05) is 13.2 Å². The number of nitrogens with zero attached hydrogens (tertiary/aromatic N) is 4. The van der Waals surface area contributed by atoms with Gasteiger partial charge in [0.2, 0.25) is 5.91 Å². The van der Waals surface area contributed by atoms with Crippen molar-refractivity contribution in [3.63, 3.8) is 0 Å². The maximum absolute atomic E-state index is 12.8. The summed E-state index contributed by atoms with van der Waals surface area (Å²) in [5.74, 6) is 2.19. The van der Waals surface area contributed by atoms with Crippen LogP contribution in [0.25, 0.3) is 0 Å². The highest BCUT2D eigenvalue weighted by Gasteiger charge is 2.33. The van der Waals surface area contributed by atoms with Gasteiger partial charge in [-0.25, -0.2) is 4.98 Å². The molecule has 1 amide bonds. The number of imidazole rings is 1. The molecule has 1 unspecified atom stereocenters. The molecule has 2 aromatic heterocycles. The van der Waals surface area contributed by atoms with Gasteiger partial charge in [0.1, 0.15) is 11.6 Å². The quantitative estimate of drug-likeness (QED) is 0.777. The number of ether oxygens (including phenoxy) is 1. The minimum Gasteiger partial charge on any atom is -0.493 e. The summed E-state index contributed by atoms with van der Waals surface area (Å²) in [6, 6.07) is 3.73. The Morgan fingerprint density at radius 2 is 2.00 bits per heavy atom. The van der Waals surface area contributed by atoms with E-state index in [0.29, 0.717) is 6.61 Å². The summed E-state index contributed by atoms with van der Waals surface area (Å²) < 4.78 is 8.02. The Balaban J connectivity index is 1.40. The Bertz CT molecular complexity index is 791. The van der Waals surface area contributed by atoms with Crippen molar-refractivity contribution in [3.05, 3.63) is 54.4 Å². The summed E-state index contributed by atoms with van der Waals surface area (Å²) in [6.07, 6.45) is 12.1.